The minimum Gasteiger partial charge on any atom is -0.481 e. The Balaban J connectivity index is 1.69. The molecule has 1 aliphatic carbocycles. The molecule has 4 rings (SSSR count). The number of carboxylic acid groups (broad SMARTS) is 1. The average molecular weight is 392 g/mol. The molecule has 1 aromatic rings. The van der Waals surface area contributed by atoms with Gasteiger partial charge < -0.3 is 10.0 Å². The third-order valence-electron chi connectivity index (χ3n) is 6.46. The molecule has 8 heteroatoms. The minimum atomic E-state index is -3.80. The highest BCUT2D eigenvalue weighted by molar-refractivity contribution is 7.89. The van der Waals surface area contributed by atoms with Crippen LogP contribution in [-0.4, -0.2) is 49.3 Å². The average Bonchev–Trinajstić information content (AvgIpc) is 3.19. The maximum Gasteiger partial charge on any atom is 0.311 e. The summed E-state index contributed by atoms with van der Waals surface area (Å²) in [5.41, 5.74) is 0.671. The molecule has 27 heavy (non-hydrogen) atoms. The summed E-state index contributed by atoms with van der Waals surface area (Å²) in [6.07, 6.45) is 3.78. The van der Waals surface area contributed by atoms with Crippen molar-refractivity contribution in [2.75, 3.05) is 24.5 Å². The second kappa shape index (κ2) is 6.31. The van der Waals surface area contributed by atoms with E-state index in [9.17, 15) is 23.1 Å². The number of hydrogen-bond acceptors (Lipinski definition) is 4. The van der Waals surface area contributed by atoms with E-state index in [1.807, 2.05) is 0 Å². The molecule has 0 spiro atoms. The summed E-state index contributed by atoms with van der Waals surface area (Å²) in [6, 6.07) is 4.94. The summed E-state index contributed by atoms with van der Waals surface area (Å²) in [6.45, 7) is 2.35. The lowest BCUT2D eigenvalue weighted by molar-refractivity contribution is -0.149. The van der Waals surface area contributed by atoms with Crippen LogP contribution in [0.2, 0.25) is 0 Å². The second-order valence-corrected chi connectivity index (χ2v) is 9.85. The van der Waals surface area contributed by atoms with Crippen molar-refractivity contribution in [2.45, 2.75) is 43.9 Å². The van der Waals surface area contributed by atoms with Crippen LogP contribution >= 0.6 is 0 Å². The number of sulfonamides is 1. The van der Waals surface area contributed by atoms with E-state index in [2.05, 4.69) is 0 Å². The molecule has 2 fully saturated rings. The highest BCUT2D eigenvalue weighted by Gasteiger charge is 2.57. The first kappa shape index (κ1) is 18.4. The van der Waals surface area contributed by atoms with Crippen LogP contribution in [0.3, 0.4) is 0 Å². The summed E-state index contributed by atoms with van der Waals surface area (Å²) in [5, 5.41) is 9.72. The Labute approximate surface area is 159 Å². The summed E-state index contributed by atoms with van der Waals surface area (Å²) >= 11 is 0. The van der Waals surface area contributed by atoms with Gasteiger partial charge in [0.2, 0.25) is 15.9 Å². The van der Waals surface area contributed by atoms with Crippen LogP contribution in [0.25, 0.3) is 0 Å². The lowest BCUT2D eigenvalue weighted by Gasteiger charge is -2.29. The summed E-state index contributed by atoms with van der Waals surface area (Å²) in [5.74, 6) is -1.13. The Morgan fingerprint density at radius 2 is 2.04 bits per heavy atom. The van der Waals surface area contributed by atoms with Gasteiger partial charge in [-0.1, -0.05) is 12.5 Å². The highest BCUT2D eigenvalue weighted by Crippen LogP contribution is 2.50. The van der Waals surface area contributed by atoms with Crippen LogP contribution in [0.1, 0.15) is 38.2 Å². The van der Waals surface area contributed by atoms with Gasteiger partial charge in [-0.3, -0.25) is 9.59 Å². The van der Waals surface area contributed by atoms with E-state index in [-0.39, 0.29) is 29.8 Å². The monoisotopic (exact) mass is 392 g/mol. The van der Waals surface area contributed by atoms with Gasteiger partial charge in [-0.2, -0.15) is 4.31 Å². The molecule has 2 atom stereocenters. The molecule has 0 aromatic heterocycles. The van der Waals surface area contributed by atoms with Crippen LogP contribution in [-0.2, 0) is 26.0 Å². The Bertz CT molecular complexity index is 913. The topological polar surface area (TPSA) is 95.0 Å². The van der Waals surface area contributed by atoms with Gasteiger partial charge in [0.05, 0.1) is 10.3 Å². The molecule has 1 saturated heterocycles. The maximum atomic E-state index is 13.2. The Morgan fingerprint density at radius 3 is 2.70 bits per heavy atom. The van der Waals surface area contributed by atoms with E-state index in [4.69, 9.17) is 0 Å². The Morgan fingerprint density at radius 1 is 1.26 bits per heavy atom. The number of carbonyl (C=O) groups is 2. The fourth-order valence-corrected chi connectivity index (χ4v) is 6.54. The van der Waals surface area contributed by atoms with E-state index in [0.717, 1.165) is 31.2 Å². The molecule has 1 N–H and O–H groups in total. The lowest BCUT2D eigenvalue weighted by Crippen LogP contribution is -2.37. The molecule has 0 radical (unpaired) electrons. The van der Waals surface area contributed by atoms with Gasteiger partial charge in [0.25, 0.3) is 0 Å². The molecule has 1 amide bonds. The van der Waals surface area contributed by atoms with Gasteiger partial charge >= 0.3 is 5.97 Å². The van der Waals surface area contributed by atoms with Crippen molar-refractivity contribution < 1.29 is 23.1 Å². The highest BCUT2D eigenvalue weighted by atomic mass is 32.2. The predicted octanol–water partition coefficient (Wildman–Crippen LogP) is 1.86. The number of benzene rings is 1. The first-order valence-electron chi connectivity index (χ1n) is 9.40. The number of nitrogens with zero attached hydrogens (tertiary/aromatic N) is 2. The van der Waals surface area contributed by atoms with E-state index < -0.39 is 21.4 Å². The number of carboxylic acids is 1. The number of aryl methyl sites for hydroxylation is 1. The molecular weight excluding hydrogens is 368 g/mol. The van der Waals surface area contributed by atoms with Crippen molar-refractivity contribution in [3.05, 3.63) is 23.8 Å². The van der Waals surface area contributed by atoms with E-state index in [1.54, 1.807) is 23.1 Å². The third-order valence-corrected chi connectivity index (χ3v) is 8.27. The van der Waals surface area contributed by atoms with E-state index in [1.165, 1.54) is 11.2 Å². The fourth-order valence-electron chi connectivity index (χ4n) is 4.97. The van der Waals surface area contributed by atoms with Gasteiger partial charge in [0, 0.05) is 32.2 Å². The third kappa shape index (κ3) is 2.77. The maximum absolute atomic E-state index is 13.2. The molecule has 0 bridgehead atoms. The normalized spacial score (nSPS) is 28.0. The first-order valence-corrected chi connectivity index (χ1v) is 10.8. The van der Waals surface area contributed by atoms with Gasteiger partial charge in [0.15, 0.2) is 0 Å². The van der Waals surface area contributed by atoms with Gasteiger partial charge in [-0.25, -0.2) is 8.42 Å². The summed E-state index contributed by atoms with van der Waals surface area (Å²) in [4.78, 5) is 25.5. The van der Waals surface area contributed by atoms with Crippen molar-refractivity contribution in [1.82, 2.24) is 4.31 Å². The number of fused-ring (bicyclic) bond motifs is 2. The van der Waals surface area contributed by atoms with Crippen LogP contribution in [0.5, 0.6) is 0 Å². The Hall–Kier alpha value is -1.93. The van der Waals surface area contributed by atoms with Crippen molar-refractivity contribution >= 4 is 27.6 Å². The molecule has 146 valence electrons. The molecule has 1 aromatic carbocycles. The van der Waals surface area contributed by atoms with Crippen molar-refractivity contribution in [3.63, 3.8) is 0 Å². The zero-order chi connectivity index (χ0) is 19.4. The van der Waals surface area contributed by atoms with E-state index >= 15 is 0 Å². The molecule has 2 aliphatic heterocycles. The van der Waals surface area contributed by atoms with Gasteiger partial charge in [-0.05, 0) is 49.3 Å². The SMILES string of the molecule is CC(=O)N1CCCc2ccc(S(=O)(=O)N3C[C@@H]4CCC[C@@]4(C(=O)O)C3)cc21. The van der Waals surface area contributed by atoms with Crippen molar-refractivity contribution in [2.24, 2.45) is 11.3 Å². The number of anilines is 1. The van der Waals surface area contributed by atoms with Crippen molar-refractivity contribution in [3.8, 4) is 0 Å². The standard InChI is InChI=1S/C19H24N2O5S/c1-13(22)21-9-3-4-14-6-7-16(10-17(14)21)27(25,26)20-11-15-5-2-8-19(15,12-20)18(23)24/h6-7,10,15H,2-5,8-9,11-12H2,1H3,(H,23,24)/t15-,19+/m0/s1. The zero-order valence-corrected chi connectivity index (χ0v) is 16.2. The number of carbonyl (C=O) groups excluding carboxylic acids is 1. The van der Waals surface area contributed by atoms with Crippen LogP contribution in [0.15, 0.2) is 23.1 Å². The molecule has 0 unspecified atom stereocenters. The molecule has 2 heterocycles. The van der Waals surface area contributed by atoms with Gasteiger partial charge in [-0.15, -0.1) is 0 Å². The number of amides is 1. The van der Waals surface area contributed by atoms with Crippen molar-refractivity contribution in [1.29, 1.82) is 0 Å². The van der Waals surface area contributed by atoms with Gasteiger partial charge in [0.1, 0.15) is 0 Å². The molecule has 7 nitrogen and oxygen atoms in total. The van der Waals surface area contributed by atoms with E-state index in [0.29, 0.717) is 18.7 Å². The minimum absolute atomic E-state index is 0.0306. The van der Waals surface area contributed by atoms with Crippen LogP contribution in [0.4, 0.5) is 5.69 Å². The quantitative estimate of drug-likeness (QED) is 0.847. The molecule has 3 aliphatic rings. The first-order chi connectivity index (χ1) is 12.8. The predicted molar refractivity (Wildman–Crippen MR) is 99.0 cm³/mol. The Kier molecular flexibility index (Phi) is 4.31. The number of hydrogen-bond donors (Lipinski definition) is 1. The molecule has 1 saturated carbocycles. The zero-order valence-electron chi connectivity index (χ0n) is 15.3. The molecular formula is C19H24N2O5S. The largest absolute Gasteiger partial charge is 0.481 e. The smallest absolute Gasteiger partial charge is 0.311 e. The number of aliphatic carboxylic acids is 1. The number of rotatable bonds is 3. The van der Waals surface area contributed by atoms with Crippen LogP contribution in [0, 0.1) is 11.3 Å². The van der Waals surface area contributed by atoms with Crippen LogP contribution < -0.4 is 4.90 Å². The summed E-state index contributed by atoms with van der Waals surface area (Å²) < 4.78 is 27.8. The lowest BCUT2D eigenvalue weighted by atomic mass is 9.81. The summed E-state index contributed by atoms with van der Waals surface area (Å²) in [7, 11) is -3.80. The fraction of sp³-hybridized carbons (Fsp3) is 0.579. The second-order valence-electron chi connectivity index (χ2n) is 7.91.